The van der Waals surface area contributed by atoms with E-state index in [1.165, 1.54) is 22.3 Å². The van der Waals surface area contributed by atoms with Gasteiger partial charge >= 0.3 is 0 Å². The summed E-state index contributed by atoms with van der Waals surface area (Å²) in [5, 5.41) is 0. The van der Waals surface area contributed by atoms with Crippen molar-refractivity contribution in [3.63, 3.8) is 0 Å². The number of rotatable bonds is 2. The van der Waals surface area contributed by atoms with Crippen LogP contribution in [0.15, 0.2) is 36.4 Å². The largest absolute Gasteiger partial charge is 0.294 e. The molecule has 3 rings (SSSR count). The molecular formula is C19H20O. The Bertz CT molecular complexity index is 657. The van der Waals surface area contributed by atoms with E-state index in [0.29, 0.717) is 5.78 Å². The quantitative estimate of drug-likeness (QED) is 0.743. The molecule has 1 nitrogen and oxygen atoms in total. The highest BCUT2D eigenvalue weighted by molar-refractivity contribution is 6.00. The maximum absolute atomic E-state index is 12.8. The van der Waals surface area contributed by atoms with Gasteiger partial charge in [0, 0.05) is 11.5 Å². The number of aryl methyl sites for hydroxylation is 3. The Morgan fingerprint density at radius 1 is 0.900 bits per heavy atom. The molecule has 2 aromatic carbocycles. The molecule has 0 N–H and O–H groups in total. The minimum absolute atomic E-state index is 0.119. The normalized spacial score (nSPS) is 14.3. The Balaban J connectivity index is 1.90. The predicted molar refractivity (Wildman–Crippen MR) is 82.3 cm³/mol. The van der Waals surface area contributed by atoms with Crippen LogP contribution in [0.25, 0.3) is 0 Å². The van der Waals surface area contributed by atoms with Gasteiger partial charge in [-0.3, -0.25) is 4.79 Å². The molecule has 20 heavy (non-hydrogen) atoms. The van der Waals surface area contributed by atoms with Crippen LogP contribution in [-0.2, 0) is 12.8 Å². The van der Waals surface area contributed by atoms with E-state index in [2.05, 4.69) is 50.2 Å². The van der Waals surface area contributed by atoms with Gasteiger partial charge in [-0.1, -0.05) is 30.3 Å². The highest BCUT2D eigenvalue weighted by atomic mass is 16.1. The van der Waals surface area contributed by atoms with Crippen LogP contribution in [0, 0.1) is 26.7 Å². The fourth-order valence-electron chi connectivity index (χ4n) is 3.19. The molecule has 0 saturated heterocycles. The van der Waals surface area contributed by atoms with E-state index in [-0.39, 0.29) is 5.92 Å². The zero-order valence-electron chi connectivity index (χ0n) is 12.4. The highest BCUT2D eigenvalue weighted by Crippen LogP contribution is 2.30. The van der Waals surface area contributed by atoms with Gasteiger partial charge in [-0.05, 0) is 67.5 Å². The Hall–Kier alpha value is -1.89. The average molecular weight is 264 g/mol. The van der Waals surface area contributed by atoms with Crippen LogP contribution in [0.4, 0.5) is 0 Å². The molecule has 0 atom stereocenters. The van der Waals surface area contributed by atoms with Crippen molar-refractivity contribution in [2.24, 2.45) is 5.92 Å². The molecule has 0 unspecified atom stereocenters. The molecule has 0 fully saturated rings. The molecule has 0 saturated carbocycles. The molecule has 0 radical (unpaired) electrons. The lowest BCUT2D eigenvalue weighted by Gasteiger charge is -2.13. The van der Waals surface area contributed by atoms with Gasteiger partial charge in [0.15, 0.2) is 5.78 Å². The summed E-state index contributed by atoms with van der Waals surface area (Å²) in [5.74, 6) is 0.426. The second-order valence-electron chi connectivity index (χ2n) is 5.99. The summed E-state index contributed by atoms with van der Waals surface area (Å²) in [6.45, 7) is 6.22. The number of benzene rings is 2. The summed E-state index contributed by atoms with van der Waals surface area (Å²) >= 11 is 0. The topological polar surface area (TPSA) is 17.1 Å². The van der Waals surface area contributed by atoms with Crippen molar-refractivity contribution >= 4 is 5.78 Å². The number of ketones is 1. The first-order valence-corrected chi connectivity index (χ1v) is 7.25. The van der Waals surface area contributed by atoms with E-state index >= 15 is 0 Å². The lowest BCUT2D eigenvalue weighted by Crippen LogP contribution is -2.16. The molecule has 1 aliphatic carbocycles. The van der Waals surface area contributed by atoms with Gasteiger partial charge in [-0.2, -0.15) is 0 Å². The predicted octanol–water partition coefficient (Wildman–Crippen LogP) is 4.21. The molecule has 0 spiro atoms. The van der Waals surface area contributed by atoms with Crippen LogP contribution in [-0.4, -0.2) is 5.78 Å². The number of carbonyl (C=O) groups is 1. The van der Waals surface area contributed by atoms with Crippen molar-refractivity contribution < 1.29 is 4.79 Å². The van der Waals surface area contributed by atoms with Gasteiger partial charge in [-0.15, -0.1) is 0 Å². The van der Waals surface area contributed by atoms with E-state index in [1.54, 1.807) is 0 Å². The van der Waals surface area contributed by atoms with Crippen molar-refractivity contribution in [2.75, 3.05) is 0 Å². The summed E-state index contributed by atoms with van der Waals surface area (Å²) in [6.07, 6.45) is 1.78. The minimum atomic E-state index is 0.119. The summed E-state index contributed by atoms with van der Waals surface area (Å²) in [5.41, 5.74) is 7.16. The standard InChI is InChI=1S/C19H20O/c1-12-8-14(3)18(9-13(12)2)19(20)17-10-15-6-4-5-7-16(15)11-17/h4-9,17H,10-11H2,1-3H3. The van der Waals surface area contributed by atoms with Crippen LogP contribution >= 0.6 is 0 Å². The lowest BCUT2D eigenvalue weighted by molar-refractivity contribution is 0.0924. The first-order chi connectivity index (χ1) is 9.56. The SMILES string of the molecule is Cc1cc(C)c(C(=O)C2Cc3ccccc3C2)cc1C. The van der Waals surface area contributed by atoms with E-state index in [0.717, 1.165) is 24.0 Å². The van der Waals surface area contributed by atoms with Crippen LogP contribution in [0.1, 0.15) is 38.2 Å². The fourth-order valence-corrected chi connectivity index (χ4v) is 3.19. The van der Waals surface area contributed by atoms with Crippen molar-refractivity contribution in [2.45, 2.75) is 33.6 Å². The molecule has 0 amide bonds. The Morgan fingerprint density at radius 3 is 2.05 bits per heavy atom. The molecular weight excluding hydrogens is 244 g/mol. The molecule has 2 aromatic rings. The van der Waals surface area contributed by atoms with Crippen LogP contribution in [0.5, 0.6) is 0 Å². The second kappa shape index (κ2) is 4.90. The average Bonchev–Trinajstić information content (AvgIpc) is 2.86. The maximum atomic E-state index is 12.8. The summed E-state index contributed by atoms with van der Waals surface area (Å²) in [6, 6.07) is 12.6. The molecule has 0 aliphatic heterocycles. The highest BCUT2D eigenvalue weighted by Gasteiger charge is 2.28. The lowest BCUT2D eigenvalue weighted by atomic mass is 9.90. The van der Waals surface area contributed by atoms with Crippen LogP contribution in [0.3, 0.4) is 0 Å². The Labute approximate surface area is 120 Å². The fraction of sp³-hybridized carbons (Fsp3) is 0.316. The molecule has 102 valence electrons. The van der Waals surface area contributed by atoms with E-state index in [9.17, 15) is 4.79 Å². The zero-order valence-corrected chi connectivity index (χ0v) is 12.4. The summed E-state index contributed by atoms with van der Waals surface area (Å²) < 4.78 is 0. The Morgan fingerprint density at radius 2 is 1.45 bits per heavy atom. The van der Waals surface area contributed by atoms with Crippen molar-refractivity contribution in [3.8, 4) is 0 Å². The van der Waals surface area contributed by atoms with Crippen molar-refractivity contribution in [1.82, 2.24) is 0 Å². The molecule has 1 heteroatoms. The zero-order chi connectivity index (χ0) is 14.3. The van der Waals surface area contributed by atoms with E-state index < -0.39 is 0 Å². The van der Waals surface area contributed by atoms with E-state index in [1.807, 2.05) is 6.92 Å². The number of Topliss-reactive ketones (excluding diaryl/α,β-unsaturated/α-hetero) is 1. The van der Waals surface area contributed by atoms with Gasteiger partial charge in [0.1, 0.15) is 0 Å². The summed E-state index contributed by atoms with van der Waals surface area (Å²) in [7, 11) is 0. The Kier molecular flexibility index (Phi) is 3.21. The molecule has 1 aliphatic rings. The number of hydrogen-bond donors (Lipinski definition) is 0. The summed E-state index contributed by atoms with van der Waals surface area (Å²) in [4.78, 5) is 12.8. The number of carbonyl (C=O) groups excluding carboxylic acids is 1. The van der Waals surface area contributed by atoms with Crippen molar-refractivity contribution in [3.05, 3.63) is 69.8 Å². The minimum Gasteiger partial charge on any atom is -0.294 e. The smallest absolute Gasteiger partial charge is 0.166 e. The first-order valence-electron chi connectivity index (χ1n) is 7.25. The third-order valence-electron chi connectivity index (χ3n) is 4.53. The molecule has 0 heterocycles. The third kappa shape index (κ3) is 2.18. The van der Waals surface area contributed by atoms with Gasteiger partial charge in [0.05, 0.1) is 0 Å². The maximum Gasteiger partial charge on any atom is 0.166 e. The molecule has 0 aromatic heterocycles. The van der Waals surface area contributed by atoms with Gasteiger partial charge in [-0.25, -0.2) is 0 Å². The van der Waals surface area contributed by atoms with Crippen LogP contribution in [0.2, 0.25) is 0 Å². The van der Waals surface area contributed by atoms with Crippen LogP contribution < -0.4 is 0 Å². The first kappa shape index (κ1) is 13.1. The van der Waals surface area contributed by atoms with Crippen molar-refractivity contribution in [1.29, 1.82) is 0 Å². The number of hydrogen-bond acceptors (Lipinski definition) is 1. The van der Waals surface area contributed by atoms with Gasteiger partial charge in [0.25, 0.3) is 0 Å². The number of fused-ring (bicyclic) bond motifs is 1. The molecule has 0 bridgehead atoms. The van der Waals surface area contributed by atoms with E-state index in [4.69, 9.17) is 0 Å². The van der Waals surface area contributed by atoms with Gasteiger partial charge < -0.3 is 0 Å². The second-order valence-corrected chi connectivity index (χ2v) is 5.99. The third-order valence-corrected chi connectivity index (χ3v) is 4.53. The van der Waals surface area contributed by atoms with Gasteiger partial charge in [0.2, 0.25) is 0 Å². The monoisotopic (exact) mass is 264 g/mol.